The van der Waals surface area contributed by atoms with Crippen LogP contribution in [0.25, 0.3) is 0 Å². The lowest BCUT2D eigenvalue weighted by Crippen LogP contribution is -2.47. The molecule has 0 aliphatic carbocycles. The molecule has 1 saturated heterocycles. The van der Waals surface area contributed by atoms with Gasteiger partial charge in [0.1, 0.15) is 5.60 Å². The van der Waals surface area contributed by atoms with Crippen molar-refractivity contribution in [3.8, 4) is 0 Å². The zero-order chi connectivity index (χ0) is 14.8. The number of benzene rings is 1. The standard InChI is InChI=1S/C13H16N2O5/c1-9-13(17,6-7-20-9)8-14-12(16)10-2-4-11(5-3-10)15(18)19/h2-5,9,17H,6-8H2,1H3,(H,14,16). The first kappa shape index (κ1) is 14.4. The number of ether oxygens (including phenoxy) is 1. The third-order valence-electron chi connectivity index (χ3n) is 3.55. The van der Waals surface area contributed by atoms with Gasteiger partial charge in [-0.2, -0.15) is 0 Å². The third kappa shape index (κ3) is 2.94. The molecule has 2 N–H and O–H groups in total. The monoisotopic (exact) mass is 280 g/mol. The Hall–Kier alpha value is -1.99. The quantitative estimate of drug-likeness (QED) is 0.629. The Morgan fingerprint density at radius 2 is 2.20 bits per heavy atom. The molecule has 20 heavy (non-hydrogen) atoms. The van der Waals surface area contributed by atoms with Gasteiger partial charge in [0.2, 0.25) is 0 Å². The predicted molar refractivity (Wildman–Crippen MR) is 70.4 cm³/mol. The third-order valence-corrected chi connectivity index (χ3v) is 3.55. The Morgan fingerprint density at radius 1 is 1.55 bits per heavy atom. The highest BCUT2D eigenvalue weighted by Crippen LogP contribution is 2.24. The second kappa shape index (κ2) is 5.56. The summed E-state index contributed by atoms with van der Waals surface area (Å²) in [5.41, 5.74) is -0.819. The first-order chi connectivity index (χ1) is 9.42. The van der Waals surface area contributed by atoms with Crippen LogP contribution in [0.1, 0.15) is 23.7 Å². The summed E-state index contributed by atoms with van der Waals surface area (Å²) in [6.07, 6.45) is 0.133. The smallest absolute Gasteiger partial charge is 0.269 e. The normalized spacial score (nSPS) is 25.4. The van der Waals surface area contributed by atoms with Crippen LogP contribution in [0.15, 0.2) is 24.3 Å². The van der Waals surface area contributed by atoms with Gasteiger partial charge in [-0.05, 0) is 19.1 Å². The van der Waals surface area contributed by atoms with Gasteiger partial charge in [0.15, 0.2) is 0 Å². The van der Waals surface area contributed by atoms with Crippen molar-refractivity contribution in [1.29, 1.82) is 0 Å². The van der Waals surface area contributed by atoms with Crippen molar-refractivity contribution < 1.29 is 19.6 Å². The summed E-state index contributed by atoms with van der Waals surface area (Å²) in [6, 6.07) is 5.30. The van der Waals surface area contributed by atoms with E-state index in [1.807, 2.05) is 0 Å². The summed E-state index contributed by atoms with van der Waals surface area (Å²) in [7, 11) is 0. The molecule has 1 heterocycles. The van der Waals surface area contributed by atoms with Crippen LogP contribution in [0.3, 0.4) is 0 Å². The zero-order valence-corrected chi connectivity index (χ0v) is 11.0. The number of non-ortho nitro benzene ring substituents is 1. The van der Waals surface area contributed by atoms with Crippen molar-refractivity contribution in [1.82, 2.24) is 5.32 Å². The van der Waals surface area contributed by atoms with E-state index in [1.165, 1.54) is 24.3 Å². The maximum Gasteiger partial charge on any atom is 0.269 e. The molecule has 0 radical (unpaired) electrons. The number of rotatable bonds is 4. The molecule has 1 aromatic rings. The van der Waals surface area contributed by atoms with Crippen molar-refractivity contribution in [2.24, 2.45) is 0 Å². The second-order valence-electron chi connectivity index (χ2n) is 4.85. The number of carbonyl (C=O) groups excluding carboxylic acids is 1. The molecule has 0 aromatic heterocycles. The number of hydrogen-bond donors (Lipinski definition) is 2. The molecule has 0 spiro atoms. The lowest BCUT2D eigenvalue weighted by Gasteiger charge is -2.26. The molecule has 1 amide bonds. The van der Waals surface area contributed by atoms with E-state index in [9.17, 15) is 20.0 Å². The van der Waals surface area contributed by atoms with Crippen molar-refractivity contribution >= 4 is 11.6 Å². The number of nitro groups is 1. The Labute approximate surface area is 115 Å². The fourth-order valence-electron chi connectivity index (χ4n) is 2.07. The van der Waals surface area contributed by atoms with Gasteiger partial charge in [-0.25, -0.2) is 0 Å². The second-order valence-corrected chi connectivity index (χ2v) is 4.85. The average Bonchev–Trinajstić information content (AvgIpc) is 2.76. The summed E-state index contributed by atoms with van der Waals surface area (Å²) < 4.78 is 5.27. The number of nitro benzene ring substituents is 1. The van der Waals surface area contributed by atoms with E-state index in [0.717, 1.165) is 0 Å². The van der Waals surface area contributed by atoms with Gasteiger partial charge in [-0.1, -0.05) is 0 Å². The SMILES string of the molecule is CC1OCCC1(O)CNC(=O)c1ccc([N+](=O)[O-])cc1. The lowest BCUT2D eigenvalue weighted by atomic mass is 9.96. The van der Waals surface area contributed by atoms with Crippen LogP contribution in [-0.4, -0.2) is 40.8 Å². The molecule has 2 atom stereocenters. The van der Waals surface area contributed by atoms with E-state index < -0.39 is 10.5 Å². The number of amides is 1. The van der Waals surface area contributed by atoms with Crippen LogP contribution in [0, 0.1) is 10.1 Å². The highest BCUT2D eigenvalue weighted by molar-refractivity contribution is 5.94. The van der Waals surface area contributed by atoms with Crippen LogP contribution in [0.4, 0.5) is 5.69 Å². The summed E-state index contributed by atoms with van der Waals surface area (Å²) in [4.78, 5) is 21.9. The minimum absolute atomic E-state index is 0.0713. The maximum absolute atomic E-state index is 11.9. The van der Waals surface area contributed by atoms with Crippen molar-refractivity contribution in [3.63, 3.8) is 0 Å². The van der Waals surface area contributed by atoms with Crippen LogP contribution in [-0.2, 0) is 4.74 Å². The Morgan fingerprint density at radius 3 is 2.70 bits per heavy atom. The van der Waals surface area contributed by atoms with Gasteiger partial charge in [0, 0.05) is 37.3 Å². The molecule has 0 saturated carbocycles. The van der Waals surface area contributed by atoms with Gasteiger partial charge in [-0.3, -0.25) is 14.9 Å². The highest BCUT2D eigenvalue weighted by Gasteiger charge is 2.39. The van der Waals surface area contributed by atoms with E-state index in [4.69, 9.17) is 4.74 Å². The lowest BCUT2D eigenvalue weighted by molar-refractivity contribution is -0.384. The summed E-state index contributed by atoms with van der Waals surface area (Å²) >= 11 is 0. The van der Waals surface area contributed by atoms with E-state index in [0.29, 0.717) is 18.6 Å². The number of carbonyl (C=O) groups is 1. The average molecular weight is 280 g/mol. The van der Waals surface area contributed by atoms with E-state index in [1.54, 1.807) is 6.92 Å². The van der Waals surface area contributed by atoms with Gasteiger partial charge in [-0.15, -0.1) is 0 Å². The van der Waals surface area contributed by atoms with E-state index in [2.05, 4.69) is 5.32 Å². The zero-order valence-electron chi connectivity index (χ0n) is 11.0. The molecule has 1 aromatic carbocycles. The maximum atomic E-state index is 11.9. The number of nitrogens with one attached hydrogen (secondary N) is 1. The van der Waals surface area contributed by atoms with Crippen LogP contribution >= 0.6 is 0 Å². The Kier molecular flexibility index (Phi) is 4.01. The first-order valence-electron chi connectivity index (χ1n) is 6.29. The molecule has 7 nitrogen and oxygen atoms in total. The van der Waals surface area contributed by atoms with Crippen molar-refractivity contribution in [2.75, 3.05) is 13.2 Å². The number of aliphatic hydroxyl groups is 1. The van der Waals surface area contributed by atoms with Gasteiger partial charge in [0.05, 0.1) is 11.0 Å². The number of hydrogen-bond acceptors (Lipinski definition) is 5. The van der Waals surface area contributed by atoms with Crippen molar-refractivity contribution in [2.45, 2.75) is 25.0 Å². The fraction of sp³-hybridized carbons (Fsp3) is 0.462. The molecule has 2 rings (SSSR count). The molecule has 1 fully saturated rings. The molecular weight excluding hydrogens is 264 g/mol. The van der Waals surface area contributed by atoms with Gasteiger partial charge in [0.25, 0.3) is 11.6 Å². The van der Waals surface area contributed by atoms with Crippen LogP contribution in [0.2, 0.25) is 0 Å². The summed E-state index contributed by atoms with van der Waals surface area (Å²) in [5.74, 6) is -0.382. The van der Waals surface area contributed by atoms with Crippen LogP contribution < -0.4 is 5.32 Å². The summed E-state index contributed by atoms with van der Waals surface area (Å²) in [6.45, 7) is 2.31. The molecule has 108 valence electrons. The minimum atomic E-state index is -1.06. The summed E-state index contributed by atoms with van der Waals surface area (Å²) in [5, 5.41) is 23.4. The minimum Gasteiger partial charge on any atom is -0.385 e. The molecule has 1 aliphatic rings. The topological polar surface area (TPSA) is 102 Å². The van der Waals surface area contributed by atoms with Crippen molar-refractivity contribution in [3.05, 3.63) is 39.9 Å². The molecule has 1 aliphatic heterocycles. The molecular formula is C13H16N2O5. The Bertz CT molecular complexity index is 516. The Balaban J connectivity index is 1.96. The molecule has 2 unspecified atom stereocenters. The molecule has 0 bridgehead atoms. The van der Waals surface area contributed by atoms with E-state index >= 15 is 0 Å². The highest BCUT2D eigenvalue weighted by atomic mass is 16.6. The largest absolute Gasteiger partial charge is 0.385 e. The first-order valence-corrected chi connectivity index (χ1v) is 6.29. The van der Waals surface area contributed by atoms with Crippen LogP contribution in [0.5, 0.6) is 0 Å². The molecule has 7 heteroatoms. The number of nitrogens with zero attached hydrogens (tertiary/aromatic N) is 1. The van der Waals surface area contributed by atoms with Gasteiger partial charge < -0.3 is 15.2 Å². The van der Waals surface area contributed by atoms with E-state index in [-0.39, 0.29) is 24.2 Å². The van der Waals surface area contributed by atoms with Gasteiger partial charge >= 0.3 is 0 Å². The fourth-order valence-corrected chi connectivity index (χ4v) is 2.07. The predicted octanol–water partition coefficient (Wildman–Crippen LogP) is 0.864.